The molecule has 0 bridgehead atoms. The molecule has 0 radical (unpaired) electrons. The number of halogens is 1. The summed E-state index contributed by atoms with van der Waals surface area (Å²) in [7, 11) is -4.02. The lowest BCUT2D eigenvalue weighted by Crippen LogP contribution is -2.43. The van der Waals surface area contributed by atoms with Gasteiger partial charge >= 0.3 is 0 Å². The monoisotopic (exact) mass is 686 g/mol. The zero-order chi connectivity index (χ0) is 33.8. The van der Waals surface area contributed by atoms with Crippen LogP contribution >= 0.6 is 11.6 Å². The molecule has 0 unspecified atom stereocenters. The van der Waals surface area contributed by atoms with Crippen molar-refractivity contribution in [3.8, 4) is 5.75 Å². The number of benzene rings is 2. The van der Waals surface area contributed by atoms with E-state index in [1.807, 2.05) is 24.3 Å². The Morgan fingerprint density at radius 3 is 2.72 bits per heavy atom. The van der Waals surface area contributed by atoms with Gasteiger partial charge in [0.05, 0.1) is 18.4 Å². The minimum atomic E-state index is -4.02. The van der Waals surface area contributed by atoms with Crippen LogP contribution in [-0.2, 0) is 27.8 Å². The second kappa shape index (κ2) is 18.1. The lowest BCUT2D eigenvalue weighted by atomic mass is 9.70. The van der Waals surface area contributed by atoms with Crippen molar-refractivity contribution in [1.82, 2.24) is 4.72 Å². The Kier molecular flexibility index (Phi) is 14.2. The molecule has 1 fully saturated rings. The van der Waals surface area contributed by atoms with Gasteiger partial charge in [-0.2, -0.15) is 0 Å². The molecular formula is C37H51ClN2O6S. The molecule has 1 heterocycles. The number of fused-ring (bicyclic) bond motifs is 2. The summed E-state index contributed by atoms with van der Waals surface area (Å²) in [5.41, 5.74) is 3.19. The predicted octanol–water partition coefficient (Wildman–Crippen LogP) is 7.24. The summed E-state index contributed by atoms with van der Waals surface area (Å²) >= 11 is 6.33. The number of hydrogen-bond donors (Lipinski definition) is 2. The summed E-state index contributed by atoms with van der Waals surface area (Å²) < 4.78 is 40.8. The number of aliphatic hydroxyl groups excluding tert-OH is 1. The first-order chi connectivity index (χ1) is 22.7. The van der Waals surface area contributed by atoms with E-state index in [0.29, 0.717) is 43.4 Å². The third kappa shape index (κ3) is 10.3. The number of rotatable bonds is 15. The van der Waals surface area contributed by atoms with Gasteiger partial charge in [0, 0.05) is 30.3 Å². The Hall–Kier alpha value is -2.85. The smallest absolute Gasteiger partial charge is 0.264 e. The minimum absolute atomic E-state index is 0.00646. The molecule has 258 valence electrons. The topological polar surface area (TPSA) is 105 Å². The van der Waals surface area contributed by atoms with E-state index in [9.17, 15) is 18.3 Å². The van der Waals surface area contributed by atoms with Crippen molar-refractivity contribution < 1.29 is 27.8 Å². The summed E-state index contributed by atoms with van der Waals surface area (Å²) in [4.78, 5) is 15.8. The summed E-state index contributed by atoms with van der Waals surface area (Å²) in [5, 5.41) is 10.8. The highest BCUT2D eigenvalue weighted by Gasteiger charge is 2.37. The second-order valence-corrected chi connectivity index (χ2v) is 15.0. The predicted molar refractivity (Wildman–Crippen MR) is 190 cm³/mol. The Morgan fingerprint density at radius 2 is 2.00 bits per heavy atom. The molecule has 2 aliphatic rings. The molecule has 4 atom stereocenters. The maximum atomic E-state index is 13.5. The number of anilines is 1. The molecule has 2 aromatic carbocycles. The number of carbonyl (C=O) groups excluding carboxylic acids is 1. The summed E-state index contributed by atoms with van der Waals surface area (Å²) in [6.45, 7) is 9.74. The first kappa shape index (κ1) is 37.0. The molecule has 0 aromatic heterocycles. The highest BCUT2D eigenvalue weighted by atomic mass is 35.5. The van der Waals surface area contributed by atoms with Crippen molar-refractivity contribution in [1.29, 1.82) is 0 Å². The van der Waals surface area contributed by atoms with Crippen LogP contribution in [0, 0.1) is 11.8 Å². The molecule has 0 saturated heterocycles. The zero-order valence-corrected chi connectivity index (χ0v) is 29.4. The van der Waals surface area contributed by atoms with Gasteiger partial charge in [0.15, 0.2) is 0 Å². The van der Waals surface area contributed by atoms with Crippen LogP contribution in [0.15, 0.2) is 61.2 Å². The fraction of sp³-hybridized carbons (Fsp3) is 0.541. The third-order valence-electron chi connectivity index (χ3n) is 9.27. The highest BCUT2D eigenvalue weighted by Crippen LogP contribution is 2.41. The van der Waals surface area contributed by atoms with Crippen LogP contribution in [0.1, 0.15) is 86.7 Å². The zero-order valence-electron chi connectivity index (χ0n) is 27.8. The standard InChI is InChI=1S/C37H51ClN2O6S/c1-4-7-9-14-35(41)33-19-16-29(33)24-40-21-11-10-12-27-22-31(38)18-15-30(27)25-46-36-20-17-28(23-34(36)40)37(42)39-47(43,44)32(13-8-5-2)26-45-6-3/h5,9,14-15,17-18,20,22-23,29,32-33,35,41H,2,4,6-8,10-13,16,19,21,24-26H2,1,3H3,(H,39,42)/b14-9+/t29-,32-,33+,35-/m0/s1. The fourth-order valence-electron chi connectivity index (χ4n) is 6.33. The van der Waals surface area contributed by atoms with Crippen LogP contribution < -0.4 is 14.4 Å². The van der Waals surface area contributed by atoms with Crippen molar-refractivity contribution in [2.24, 2.45) is 11.8 Å². The average molecular weight is 687 g/mol. The van der Waals surface area contributed by atoms with E-state index in [-0.39, 0.29) is 24.0 Å². The van der Waals surface area contributed by atoms with Gasteiger partial charge in [0.25, 0.3) is 5.91 Å². The number of unbranched alkanes of at least 4 members (excludes halogenated alkanes) is 1. The quantitative estimate of drug-likeness (QED) is 0.190. The van der Waals surface area contributed by atoms with Gasteiger partial charge < -0.3 is 19.5 Å². The van der Waals surface area contributed by atoms with Gasteiger partial charge in [0.1, 0.15) is 17.6 Å². The van der Waals surface area contributed by atoms with Crippen LogP contribution in [0.25, 0.3) is 0 Å². The Balaban J connectivity index is 1.63. The van der Waals surface area contributed by atoms with Crippen LogP contribution in [0.5, 0.6) is 5.75 Å². The van der Waals surface area contributed by atoms with E-state index < -0.39 is 27.3 Å². The number of amides is 1. The van der Waals surface area contributed by atoms with Crippen molar-refractivity contribution >= 4 is 33.2 Å². The van der Waals surface area contributed by atoms with E-state index in [0.717, 1.165) is 68.3 Å². The van der Waals surface area contributed by atoms with Crippen molar-refractivity contribution in [2.75, 3.05) is 31.2 Å². The van der Waals surface area contributed by atoms with E-state index in [4.69, 9.17) is 21.1 Å². The SMILES string of the molecule is C=CCC[C@@H](COCC)S(=O)(=O)NC(=O)c1ccc2c(c1)N(C[C@@H]1CC[C@H]1[C@@H](O)/C=C/CCC)CCCCc1cc(Cl)ccc1CO2. The number of ether oxygens (including phenoxy) is 2. The van der Waals surface area contributed by atoms with Crippen LogP contribution in [0.3, 0.4) is 0 Å². The number of aryl methyl sites for hydroxylation is 1. The average Bonchev–Trinajstić information content (AvgIpc) is 3.06. The normalized spacial score (nSPS) is 19.8. The number of allylic oxidation sites excluding steroid dienone is 2. The number of carbonyl (C=O) groups is 1. The van der Waals surface area contributed by atoms with Crippen LogP contribution in [0.4, 0.5) is 5.69 Å². The molecule has 0 spiro atoms. The summed E-state index contributed by atoms with van der Waals surface area (Å²) in [6.07, 6.45) is 12.6. The Bertz CT molecular complexity index is 1480. The van der Waals surface area contributed by atoms with Crippen LogP contribution in [-0.4, -0.2) is 57.1 Å². The van der Waals surface area contributed by atoms with Crippen molar-refractivity contribution in [2.45, 2.75) is 89.6 Å². The molecule has 2 N–H and O–H groups in total. The maximum Gasteiger partial charge on any atom is 0.264 e. The van der Waals surface area contributed by atoms with Crippen LogP contribution in [0.2, 0.25) is 5.02 Å². The van der Waals surface area contributed by atoms with Gasteiger partial charge in [-0.15, -0.1) is 6.58 Å². The van der Waals surface area contributed by atoms with Crippen molar-refractivity contribution in [3.05, 3.63) is 82.9 Å². The number of hydrogen-bond acceptors (Lipinski definition) is 7. The third-order valence-corrected chi connectivity index (χ3v) is 11.2. The summed E-state index contributed by atoms with van der Waals surface area (Å²) in [6, 6.07) is 11.0. The molecule has 2 aromatic rings. The van der Waals surface area contributed by atoms with Gasteiger partial charge in [0.2, 0.25) is 10.0 Å². The number of nitrogens with one attached hydrogen (secondary N) is 1. The van der Waals surface area contributed by atoms with Gasteiger partial charge in [-0.1, -0.05) is 49.2 Å². The number of nitrogens with zero attached hydrogens (tertiary/aromatic N) is 1. The lowest BCUT2D eigenvalue weighted by molar-refractivity contribution is 0.0461. The van der Waals surface area contributed by atoms with Gasteiger partial charge in [-0.3, -0.25) is 4.79 Å². The highest BCUT2D eigenvalue weighted by molar-refractivity contribution is 7.90. The lowest BCUT2D eigenvalue weighted by Gasteiger charge is -2.42. The van der Waals surface area contributed by atoms with E-state index in [1.165, 1.54) is 0 Å². The minimum Gasteiger partial charge on any atom is -0.487 e. The molecular weight excluding hydrogens is 636 g/mol. The number of aliphatic hydroxyl groups is 1. The first-order valence-corrected chi connectivity index (χ1v) is 19.0. The molecule has 8 nitrogen and oxygen atoms in total. The maximum absolute atomic E-state index is 13.5. The van der Waals surface area contributed by atoms with Crippen molar-refractivity contribution in [3.63, 3.8) is 0 Å². The van der Waals surface area contributed by atoms with Gasteiger partial charge in [-0.25, -0.2) is 13.1 Å². The second-order valence-electron chi connectivity index (χ2n) is 12.6. The fourth-order valence-corrected chi connectivity index (χ4v) is 7.79. The molecule has 1 aliphatic heterocycles. The molecule has 1 amide bonds. The Morgan fingerprint density at radius 1 is 1.17 bits per heavy atom. The molecule has 4 rings (SSSR count). The van der Waals surface area contributed by atoms with Gasteiger partial charge in [-0.05, 0) is 112 Å². The molecule has 10 heteroatoms. The molecule has 1 saturated carbocycles. The van der Waals surface area contributed by atoms with E-state index in [2.05, 4.69) is 29.2 Å². The largest absolute Gasteiger partial charge is 0.487 e. The van der Waals surface area contributed by atoms with E-state index in [1.54, 1.807) is 31.2 Å². The first-order valence-electron chi connectivity index (χ1n) is 17.0. The van der Waals surface area contributed by atoms with E-state index >= 15 is 0 Å². The molecule has 47 heavy (non-hydrogen) atoms. The Labute approximate surface area is 286 Å². The molecule has 1 aliphatic carbocycles. The number of sulfonamides is 1. The summed E-state index contributed by atoms with van der Waals surface area (Å²) in [5.74, 6) is 0.352.